The Kier molecular flexibility index (Phi) is 8.83. The fourth-order valence-electron chi connectivity index (χ4n) is 9.34. The van der Waals surface area contributed by atoms with Gasteiger partial charge in [-0.2, -0.15) is 0 Å². The number of hydrogen-bond acceptors (Lipinski definition) is 3. The van der Waals surface area contributed by atoms with Crippen LogP contribution in [0.2, 0.25) is 0 Å². The van der Waals surface area contributed by atoms with E-state index in [9.17, 15) is 0 Å². The summed E-state index contributed by atoms with van der Waals surface area (Å²) in [6.07, 6.45) is 0. The van der Waals surface area contributed by atoms with Crippen molar-refractivity contribution in [2.24, 2.45) is 0 Å². The van der Waals surface area contributed by atoms with Crippen molar-refractivity contribution in [3.8, 4) is 55.6 Å². The van der Waals surface area contributed by atoms with Gasteiger partial charge in [0.25, 0.3) is 0 Å². The van der Waals surface area contributed by atoms with E-state index in [0.717, 1.165) is 88.8 Å². The molecule has 0 N–H and O–H groups in total. The Morgan fingerprint density at radius 1 is 0.254 bits per heavy atom. The van der Waals surface area contributed by atoms with E-state index in [0.29, 0.717) is 0 Å². The highest BCUT2D eigenvalue weighted by molar-refractivity contribution is 6.10. The summed E-state index contributed by atoms with van der Waals surface area (Å²) < 4.78 is 12.8. The third kappa shape index (κ3) is 6.38. The second-order valence-electron chi connectivity index (χ2n) is 16.0. The van der Waals surface area contributed by atoms with Crippen LogP contribution in [-0.4, -0.2) is 0 Å². The quantitative estimate of drug-likeness (QED) is 0.153. The van der Waals surface area contributed by atoms with E-state index >= 15 is 0 Å². The van der Waals surface area contributed by atoms with Crippen molar-refractivity contribution >= 4 is 60.9 Å². The minimum Gasteiger partial charge on any atom is -0.456 e. The molecule has 0 saturated heterocycles. The molecule has 2 heterocycles. The maximum atomic E-state index is 6.48. The zero-order valence-corrected chi connectivity index (χ0v) is 34.3. The van der Waals surface area contributed by atoms with Crippen LogP contribution in [0, 0.1) is 0 Å². The molecule has 296 valence electrons. The third-order valence-electron chi connectivity index (χ3n) is 12.3. The number of hydrogen-bond donors (Lipinski definition) is 0. The molecule has 0 aliphatic carbocycles. The van der Waals surface area contributed by atoms with Crippen LogP contribution in [0.4, 0.5) is 17.1 Å². The second-order valence-corrected chi connectivity index (χ2v) is 16.0. The molecular formula is C60H39NO2. The summed E-state index contributed by atoms with van der Waals surface area (Å²) in [7, 11) is 0. The summed E-state index contributed by atoms with van der Waals surface area (Å²) in [4.78, 5) is 2.38. The van der Waals surface area contributed by atoms with Gasteiger partial charge >= 0.3 is 0 Å². The van der Waals surface area contributed by atoms with Crippen molar-refractivity contribution in [2.45, 2.75) is 0 Å². The predicted octanol–water partition coefficient (Wildman–Crippen LogP) is 17.3. The van der Waals surface area contributed by atoms with E-state index < -0.39 is 0 Å². The second kappa shape index (κ2) is 15.3. The van der Waals surface area contributed by atoms with Crippen molar-refractivity contribution < 1.29 is 8.83 Å². The van der Waals surface area contributed by atoms with Gasteiger partial charge in [-0.1, -0.05) is 188 Å². The molecule has 0 atom stereocenters. The molecule has 63 heavy (non-hydrogen) atoms. The van der Waals surface area contributed by atoms with Crippen LogP contribution < -0.4 is 4.90 Å². The first-order chi connectivity index (χ1) is 31.2. The maximum Gasteiger partial charge on any atom is 0.143 e. The van der Waals surface area contributed by atoms with Crippen LogP contribution in [0.5, 0.6) is 0 Å². The van der Waals surface area contributed by atoms with Crippen LogP contribution >= 0.6 is 0 Å². The molecule has 0 unspecified atom stereocenters. The minimum atomic E-state index is 0.862. The first-order valence-corrected chi connectivity index (χ1v) is 21.4. The number of anilines is 3. The zero-order chi connectivity index (χ0) is 41.7. The van der Waals surface area contributed by atoms with Crippen LogP contribution in [-0.2, 0) is 0 Å². The highest BCUT2D eigenvalue weighted by Gasteiger charge is 2.22. The van der Waals surface area contributed by atoms with Crippen LogP contribution in [0.1, 0.15) is 0 Å². The molecule has 0 aliphatic heterocycles. The van der Waals surface area contributed by atoms with Gasteiger partial charge in [-0.05, 0) is 93.0 Å². The monoisotopic (exact) mass is 805 g/mol. The summed E-state index contributed by atoms with van der Waals surface area (Å²) in [5, 5.41) is 4.41. The van der Waals surface area contributed by atoms with Crippen molar-refractivity contribution in [1.29, 1.82) is 0 Å². The van der Waals surface area contributed by atoms with Crippen LogP contribution in [0.3, 0.4) is 0 Å². The highest BCUT2D eigenvalue weighted by Crippen LogP contribution is 2.47. The Morgan fingerprint density at radius 3 is 1.46 bits per heavy atom. The third-order valence-corrected chi connectivity index (χ3v) is 12.3. The Balaban J connectivity index is 1.01. The van der Waals surface area contributed by atoms with Crippen molar-refractivity contribution in [2.75, 3.05) is 4.90 Å². The summed E-state index contributed by atoms with van der Waals surface area (Å²) in [5.41, 5.74) is 18.2. The van der Waals surface area contributed by atoms with Crippen molar-refractivity contribution in [1.82, 2.24) is 0 Å². The number of benzene rings is 10. The van der Waals surface area contributed by atoms with Crippen molar-refractivity contribution in [3.63, 3.8) is 0 Å². The zero-order valence-electron chi connectivity index (χ0n) is 34.3. The lowest BCUT2D eigenvalue weighted by molar-refractivity contribution is 0.669. The molecule has 10 aromatic carbocycles. The van der Waals surface area contributed by atoms with E-state index in [1.165, 1.54) is 27.8 Å². The van der Waals surface area contributed by atoms with Gasteiger partial charge in [-0.15, -0.1) is 0 Å². The van der Waals surface area contributed by atoms with Crippen molar-refractivity contribution in [3.05, 3.63) is 237 Å². The summed E-state index contributed by atoms with van der Waals surface area (Å²) in [6, 6.07) is 84.2. The maximum absolute atomic E-state index is 6.48. The summed E-state index contributed by atoms with van der Waals surface area (Å²) in [6.45, 7) is 0. The topological polar surface area (TPSA) is 29.5 Å². The van der Waals surface area contributed by atoms with Gasteiger partial charge < -0.3 is 13.7 Å². The van der Waals surface area contributed by atoms with E-state index in [-0.39, 0.29) is 0 Å². The van der Waals surface area contributed by atoms with Gasteiger partial charge in [0.05, 0.1) is 5.69 Å². The normalized spacial score (nSPS) is 11.5. The summed E-state index contributed by atoms with van der Waals surface area (Å²) >= 11 is 0. The van der Waals surface area contributed by atoms with E-state index in [2.05, 4.69) is 217 Å². The molecule has 3 heteroatoms. The van der Waals surface area contributed by atoms with Gasteiger partial charge in [-0.3, -0.25) is 0 Å². The molecule has 0 spiro atoms. The number of fused-ring (bicyclic) bond motifs is 6. The van der Waals surface area contributed by atoms with Gasteiger partial charge in [-0.25, -0.2) is 0 Å². The number of rotatable bonds is 8. The largest absolute Gasteiger partial charge is 0.456 e. The minimum absolute atomic E-state index is 0.862. The van der Waals surface area contributed by atoms with E-state index in [1.807, 2.05) is 24.3 Å². The smallest absolute Gasteiger partial charge is 0.143 e. The Morgan fingerprint density at radius 2 is 0.714 bits per heavy atom. The molecular weight excluding hydrogens is 767 g/mol. The lowest BCUT2D eigenvalue weighted by Gasteiger charge is -2.29. The van der Waals surface area contributed by atoms with E-state index in [4.69, 9.17) is 8.83 Å². The number of para-hydroxylation sites is 4. The molecule has 0 amide bonds. The molecule has 0 saturated carbocycles. The molecule has 0 bridgehead atoms. The van der Waals surface area contributed by atoms with Gasteiger partial charge in [0.15, 0.2) is 0 Å². The fraction of sp³-hybridized carbons (Fsp3) is 0. The van der Waals surface area contributed by atoms with Gasteiger partial charge in [0, 0.05) is 44.0 Å². The molecule has 12 aromatic rings. The first-order valence-electron chi connectivity index (χ1n) is 21.4. The van der Waals surface area contributed by atoms with E-state index in [1.54, 1.807) is 0 Å². The lowest BCUT2D eigenvalue weighted by atomic mass is 9.88. The first kappa shape index (κ1) is 36.5. The molecule has 12 rings (SSSR count). The number of nitrogens with zero attached hydrogens (tertiary/aromatic N) is 1. The molecule has 0 aliphatic rings. The highest BCUT2D eigenvalue weighted by atomic mass is 16.3. The SMILES string of the molecule is c1ccc(-c2ccc(-c3ccccc3-c3ccccc3-c3ccccc3N(c3ccc(-c4cccc5c4oc4ccccc45)cc3)c3ccc4oc5ccccc5c4c3)cc2)cc1. The molecule has 2 aromatic heterocycles. The van der Waals surface area contributed by atoms with Crippen LogP contribution in [0.15, 0.2) is 245 Å². The van der Waals surface area contributed by atoms with Gasteiger partial charge in [0.1, 0.15) is 22.3 Å². The average Bonchev–Trinajstić information content (AvgIpc) is 3.93. The Bertz CT molecular complexity index is 3620. The molecule has 0 fully saturated rings. The van der Waals surface area contributed by atoms with Gasteiger partial charge in [0.2, 0.25) is 0 Å². The molecule has 0 radical (unpaired) electrons. The lowest BCUT2D eigenvalue weighted by Crippen LogP contribution is -2.11. The average molecular weight is 806 g/mol. The predicted molar refractivity (Wildman–Crippen MR) is 263 cm³/mol. The fourth-order valence-corrected chi connectivity index (χ4v) is 9.34. The number of furan rings is 2. The summed E-state index contributed by atoms with van der Waals surface area (Å²) in [5.74, 6) is 0. The van der Waals surface area contributed by atoms with Crippen LogP contribution in [0.25, 0.3) is 99.5 Å². The Hall–Kier alpha value is -8.40. The standard InChI is InChI=1S/C60H39NO2/c1-2-15-40(16-3-1)41-29-31-42(32-30-41)46-17-4-5-18-48(46)49-19-6-7-20-50(49)51-21-8-11-26-56(51)61(45-37-38-59-55(39-45)53-23-10-12-27-57(53)62-59)44-35-33-43(34-36-44)47-24-14-25-54-52-22-9-13-28-58(52)63-60(47)54/h1-39H. The Labute approximate surface area is 365 Å². The molecule has 3 nitrogen and oxygen atoms in total.